The van der Waals surface area contributed by atoms with Gasteiger partial charge in [-0.05, 0) is 18.1 Å². The number of nitrogens with one attached hydrogen (secondary N) is 2. The van der Waals surface area contributed by atoms with Crippen LogP contribution in [-0.4, -0.2) is 30.3 Å². The van der Waals surface area contributed by atoms with Crippen LogP contribution in [0.4, 0.5) is 13.2 Å². The molecule has 0 amide bonds. The average Bonchev–Trinajstić information content (AvgIpc) is 3.13. The molecule has 168 valence electrons. The van der Waals surface area contributed by atoms with E-state index in [-0.39, 0.29) is 30.6 Å². The maximum atomic E-state index is 12.1. The van der Waals surface area contributed by atoms with Crippen molar-refractivity contribution in [2.24, 2.45) is 4.99 Å². The number of halogens is 4. The van der Waals surface area contributed by atoms with Crippen molar-refractivity contribution in [1.82, 2.24) is 15.6 Å². The number of nitrogens with zero attached hydrogens (tertiary/aromatic N) is 2. The van der Waals surface area contributed by atoms with Crippen LogP contribution in [0.1, 0.15) is 48.5 Å². The van der Waals surface area contributed by atoms with Crippen LogP contribution in [0, 0.1) is 0 Å². The van der Waals surface area contributed by atoms with E-state index in [0.29, 0.717) is 30.5 Å². The highest BCUT2D eigenvalue weighted by molar-refractivity contribution is 14.0. The molecule has 0 aliphatic carbocycles. The van der Waals surface area contributed by atoms with Crippen molar-refractivity contribution in [3.63, 3.8) is 0 Å². The van der Waals surface area contributed by atoms with E-state index in [4.69, 9.17) is 0 Å². The molecule has 1 aromatic heterocycles. The molecule has 0 atom stereocenters. The Morgan fingerprint density at radius 1 is 1.17 bits per heavy atom. The van der Waals surface area contributed by atoms with Gasteiger partial charge in [-0.15, -0.1) is 35.3 Å². The van der Waals surface area contributed by atoms with Crippen molar-refractivity contribution in [3.05, 3.63) is 51.5 Å². The number of hydrogen-bond donors (Lipinski definition) is 2. The summed E-state index contributed by atoms with van der Waals surface area (Å²) < 4.78 is 41.0. The van der Waals surface area contributed by atoms with Crippen molar-refractivity contribution >= 4 is 41.3 Å². The lowest BCUT2D eigenvalue weighted by molar-refractivity contribution is -0.176. The number of benzene rings is 1. The molecule has 0 bridgehead atoms. The summed E-state index contributed by atoms with van der Waals surface area (Å²) in [4.78, 5) is 9.16. The molecule has 0 saturated carbocycles. The molecule has 0 spiro atoms. The second kappa shape index (κ2) is 13.1. The van der Waals surface area contributed by atoms with Gasteiger partial charge in [-0.2, -0.15) is 13.2 Å². The lowest BCUT2D eigenvalue weighted by Crippen LogP contribution is -2.36. The Morgan fingerprint density at radius 3 is 2.40 bits per heavy atom. The van der Waals surface area contributed by atoms with Gasteiger partial charge < -0.3 is 15.4 Å². The van der Waals surface area contributed by atoms with E-state index < -0.39 is 12.8 Å². The van der Waals surface area contributed by atoms with Gasteiger partial charge in [-0.3, -0.25) is 0 Å². The van der Waals surface area contributed by atoms with Crippen molar-refractivity contribution in [1.29, 1.82) is 0 Å². The Labute approximate surface area is 196 Å². The summed E-state index contributed by atoms with van der Waals surface area (Å²) in [6, 6.07) is 7.19. The lowest BCUT2D eigenvalue weighted by atomic mass is 10.1. The van der Waals surface area contributed by atoms with Crippen LogP contribution in [0.3, 0.4) is 0 Å². The molecule has 30 heavy (non-hydrogen) atoms. The number of thiazole rings is 1. The highest BCUT2D eigenvalue weighted by Gasteiger charge is 2.27. The first-order chi connectivity index (χ1) is 13.8. The minimum atomic E-state index is -4.31. The standard InChI is InChI=1S/C20H27F3N4OS.HI/c1-4-24-19(26-10-17-12-29-18(27-17)14(2)3)25-9-15-5-7-16(8-6-15)11-28-13-20(21,22)23;/h5-8,12,14H,4,9-11,13H2,1-3H3,(H2,24,25,26);1H. The second-order valence-electron chi connectivity index (χ2n) is 6.80. The van der Waals surface area contributed by atoms with Crippen LogP contribution >= 0.6 is 35.3 Å². The number of ether oxygens (including phenoxy) is 1. The van der Waals surface area contributed by atoms with Crippen molar-refractivity contribution in [2.45, 2.75) is 52.6 Å². The molecule has 0 saturated heterocycles. The summed E-state index contributed by atoms with van der Waals surface area (Å²) in [6.07, 6.45) is -4.31. The molecule has 0 fully saturated rings. The van der Waals surface area contributed by atoms with Crippen molar-refractivity contribution in [3.8, 4) is 0 Å². The molecule has 5 nitrogen and oxygen atoms in total. The summed E-state index contributed by atoms with van der Waals surface area (Å²) in [5, 5.41) is 9.62. The van der Waals surface area contributed by atoms with Crippen LogP contribution in [0.25, 0.3) is 0 Å². The maximum Gasteiger partial charge on any atom is 0.411 e. The number of aliphatic imine (C=N–C) groups is 1. The molecule has 2 aromatic rings. The fourth-order valence-electron chi connectivity index (χ4n) is 2.38. The summed E-state index contributed by atoms with van der Waals surface area (Å²) >= 11 is 1.66. The van der Waals surface area contributed by atoms with E-state index >= 15 is 0 Å². The zero-order valence-electron chi connectivity index (χ0n) is 17.3. The molecule has 1 aromatic carbocycles. The third-order valence-electron chi connectivity index (χ3n) is 3.82. The van der Waals surface area contributed by atoms with E-state index in [0.717, 1.165) is 22.8 Å². The van der Waals surface area contributed by atoms with Crippen LogP contribution in [0.15, 0.2) is 34.6 Å². The topological polar surface area (TPSA) is 58.5 Å². The molecule has 0 aliphatic rings. The molecule has 10 heteroatoms. The summed E-state index contributed by atoms with van der Waals surface area (Å²) in [5.41, 5.74) is 2.63. The Kier molecular flexibility index (Phi) is 11.6. The lowest BCUT2D eigenvalue weighted by Gasteiger charge is -2.11. The van der Waals surface area contributed by atoms with Gasteiger partial charge in [-0.1, -0.05) is 38.1 Å². The Balaban J connectivity index is 0.00000450. The first kappa shape index (κ1) is 26.6. The quantitative estimate of drug-likeness (QED) is 0.253. The predicted octanol–water partition coefficient (Wildman–Crippen LogP) is 5.22. The molecule has 2 rings (SSSR count). The zero-order chi connectivity index (χ0) is 21.3. The third-order valence-corrected chi connectivity index (χ3v) is 5.02. The van der Waals surface area contributed by atoms with Gasteiger partial charge in [0.1, 0.15) is 6.61 Å². The fraction of sp³-hybridized carbons (Fsp3) is 0.500. The van der Waals surface area contributed by atoms with E-state index in [1.54, 1.807) is 23.5 Å². The number of rotatable bonds is 9. The second-order valence-corrected chi connectivity index (χ2v) is 7.69. The molecule has 0 aliphatic heterocycles. The Morgan fingerprint density at radius 2 is 1.83 bits per heavy atom. The van der Waals surface area contributed by atoms with Crippen molar-refractivity contribution in [2.75, 3.05) is 13.2 Å². The first-order valence-corrected chi connectivity index (χ1v) is 10.3. The normalized spacial score (nSPS) is 12.0. The van der Waals surface area contributed by atoms with Gasteiger partial charge in [0.2, 0.25) is 0 Å². The van der Waals surface area contributed by atoms with Crippen LogP contribution in [-0.2, 0) is 24.4 Å². The fourth-order valence-corrected chi connectivity index (χ4v) is 3.22. The molecule has 0 unspecified atom stereocenters. The van der Waals surface area contributed by atoms with Gasteiger partial charge in [0.25, 0.3) is 0 Å². The molecular formula is C20H28F3IN4OS. The highest BCUT2D eigenvalue weighted by Crippen LogP contribution is 2.19. The number of aromatic nitrogens is 1. The molecular weight excluding hydrogens is 528 g/mol. The van der Waals surface area contributed by atoms with Gasteiger partial charge in [-0.25, -0.2) is 9.98 Å². The monoisotopic (exact) mass is 556 g/mol. The smallest absolute Gasteiger partial charge is 0.367 e. The average molecular weight is 556 g/mol. The Bertz CT molecular complexity index is 779. The van der Waals surface area contributed by atoms with Crippen LogP contribution < -0.4 is 10.6 Å². The predicted molar refractivity (Wildman–Crippen MR) is 125 cm³/mol. The maximum absolute atomic E-state index is 12.1. The Hall–Kier alpha value is -1.40. The van der Waals surface area contributed by atoms with E-state index in [2.05, 4.69) is 39.2 Å². The number of hydrogen-bond acceptors (Lipinski definition) is 4. The van der Waals surface area contributed by atoms with Crippen molar-refractivity contribution < 1.29 is 17.9 Å². The SMILES string of the molecule is CCNC(=NCc1ccc(COCC(F)(F)F)cc1)NCc1csc(C(C)C)n1.I. The van der Waals surface area contributed by atoms with Crippen LogP contribution in [0.5, 0.6) is 0 Å². The minimum absolute atomic E-state index is 0. The number of guanidine groups is 1. The molecule has 1 heterocycles. The van der Waals surface area contributed by atoms with E-state index in [1.165, 1.54) is 0 Å². The zero-order valence-corrected chi connectivity index (χ0v) is 20.4. The third kappa shape index (κ3) is 10.1. The summed E-state index contributed by atoms with van der Waals surface area (Å²) in [6.45, 7) is 6.69. The van der Waals surface area contributed by atoms with Gasteiger partial charge in [0, 0.05) is 17.8 Å². The number of alkyl halides is 3. The summed E-state index contributed by atoms with van der Waals surface area (Å²) in [7, 11) is 0. The molecule has 0 radical (unpaired) electrons. The minimum Gasteiger partial charge on any atom is -0.367 e. The van der Waals surface area contributed by atoms with Gasteiger partial charge in [0.05, 0.1) is 30.4 Å². The van der Waals surface area contributed by atoms with E-state index in [1.807, 2.05) is 24.4 Å². The van der Waals surface area contributed by atoms with Gasteiger partial charge >= 0.3 is 6.18 Å². The first-order valence-electron chi connectivity index (χ1n) is 9.45. The largest absolute Gasteiger partial charge is 0.411 e. The summed E-state index contributed by atoms with van der Waals surface area (Å²) in [5.74, 6) is 1.10. The van der Waals surface area contributed by atoms with Gasteiger partial charge in [0.15, 0.2) is 5.96 Å². The van der Waals surface area contributed by atoms with E-state index in [9.17, 15) is 13.2 Å². The highest BCUT2D eigenvalue weighted by atomic mass is 127. The van der Waals surface area contributed by atoms with Crippen LogP contribution in [0.2, 0.25) is 0 Å². The molecule has 2 N–H and O–H groups in total.